The Kier molecular flexibility index (Phi) is 5.72. The van der Waals surface area contributed by atoms with Gasteiger partial charge in [0.15, 0.2) is 0 Å². The first-order valence-electron chi connectivity index (χ1n) is 9.50. The molecule has 0 bridgehead atoms. The van der Waals surface area contributed by atoms with E-state index in [1.807, 2.05) is 0 Å². The number of hydrogen-bond donors (Lipinski definition) is 0. The number of ketones is 1. The van der Waals surface area contributed by atoms with Gasteiger partial charge >= 0.3 is 0 Å². The van der Waals surface area contributed by atoms with Gasteiger partial charge in [-0.2, -0.15) is 0 Å². The largest absolute Gasteiger partial charge is 0.379 e. The van der Waals surface area contributed by atoms with Gasteiger partial charge in [-0.05, 0) is 30.2 Å². The van der Waals surface area contributed by atoms with Crippen LogP contribution >= 0.6 is 0 Å². The molecule has 0 aromatic heterocycles. The van der Waals surface area contributed by atoms with Gasteiger partial charge in [0.2, 0.25) is 0 Å². The summed E-state index contributed by atoms with van der Waals surface area (Å²) in [5, 5.41) is 0. The Balaban J connectivity index is 1.95. The smallest absolute Gasteiger partial charge is 0.141 e. The average molecular weight is 329 g/mol. The molecule has 2 fully saturated rings. The predicted octanol–water partition coefficient (Wildman–Crippen LogP) is 3.95. The molecular weight excluding hydrogens is 298 g/mol. The number of carbonyl (C=O) groups is 1. The van der Waals surface area contributed by atoms with Crippen LogP contribution in [-0.2, 0) is 9.53 Å². The van der Waals surface area contributed by atoms with Gasteiger partial charge in [0.05, 0.1) is 13.2 Å². The van der Waals surface area contributed by atoms with Crippen molar-refractivity contribution in [1.29, 1.82) is 0 Å². The standard InChI is InChI=1S/C21H31NO2/c1-15(2)18-10-9-16(3)19(21(18)23)20(17-7-5-4-6-8-17)22-11-13-24-14-12-22/h4-8,15-16,18-20H,9-14H2,1-3H3/t16-,18+,19+,20-/m1/s1. The van der Waals surface area contributed by atoms with Crippen molar-refractivity contribution < 1.29 is 9.53 Å². The molecule has 0 unspecified atom stereocenters. The molecule has 0 amide bonds. The van der Waals surface area contributed by atoms with Gasteiger partial charge in [0.1, 0.15) is 5.78 Å². The van der Waals surface area contributed by atoms with Gasteiger partial charge in [-0.25, -0.2) is 0 Å². The number of hydrogen-bond acceptors (Lipinski definition) is 3. The second-order valence-electron chi connectivity index (χ2n) is 7.84. The van der Waals surface area contributed by atoms with Gasteiger partial charge in [-0.15, -0.1) is 0 Å². The number of Topliss-reactive ketones (excluding diaryl/α,β-unsaturated/α-hetero) is 1. The maximum Gasteiger partial charge on any atom is 0.141 e. The number of morpholine rings is 1. The van der Waals surface area contributed by atoms with E-state index in [1.54, 1.807) is 0 Å². The summed E-state index contributed by atoms with van der Waals surface area (Å²) in [6.45, 7) is 10.0. The first-order valence-corrected chi connectivity index (χ1v) is 9.50. The molecule has 1 saturated heterocycles. The number of nitrogens with zero attached hydrogens (tertiary/aromatic N) is 1. The van der Waals surface area contributed by atoms with Crippen molar-refractivity contribution in [2.24, 2.45) is 23.7 Å². The highest BCUT2D eigenvalue weighted by Crippen LogP contribution is 2.43. The van der Waals surface area contributed by atoms with Crippen LogP contribution in [0.1, 0.15) is 45.2 Å². The minimum absolute atomic E-state index is 0.103. The third-order valence-corrected chi connectivity index (χ3v) is 5.97. The molecule has 3 heteroatoms. The minimum atomic E-state index is 0.103. The third kappa shape index (κ3) is 3.57. The van der Waals surface area contributed by atoms with Crippen LogP contribution in [0.25, 0.3) is 0 Å². The lowest BCUT2D eigenvalue weighted by molar-refractivity contribution is -0.137. The van der Waals surface area contributed by atoms with E-state index in [0.29, 0.717) is 17.6 Å². The maximum absolute atomic E-state index is 13.4. The van der Waals surface area contributed by atoms with E-state index < -0.39 is 0 Å². The Morgan fingerprint density at radius 3 is 2.38 bits per heavy atom. The SMILES string of the molecule is CC(C)[C@@H]1CC[C@@H](C)[C@@H]([C@@H](c2ccccc2)N2CCOCC2)C1=O. The molecule has 3 rings (SSSR count). The van der Waals surface area contributed by atoms with Gasteiger partial charge < -0.3 is 4.74 Å². The van der Waals surface area contributed by atoms with Crippen LogP contribution in [0.2, 0.25) is 0 Å². The Morgan fingerprint density at radius 2 is 1.75 bits per heavy atom. The zero-order chi connectivity index (χ0) is 17.1. The van der Waals surface area contributed by atoms with Crippen molar-refractivity contribution in [3.63, 3.8) is 0 Å². The van der Waals surface area contributed by atoms with Crippen LogP contribution in [0.15, 0.2) is 30.3 Å². The van der Waals surface area contributed by atoms with Crippen molar-refractivity contribution in [3.05, 3.63) is 35.9 Å². The average Bonchev–Trinajstić information content (AvgIpc) is 2.59. The molecule has 0 N–H and O–H groups in total. The Morgan fingerprint density at radius 1 is 1.08 bits per heavy atom. The molecular formula is C21H31NO2. The lowest BCUT2D eigenvalue weighted by Crippen LogP contribution is -2.48. The van der Waals surface area contributed by atoms with Crippen LogP contribution < -0.4 is 0 Å². The van der Waals surface area contributed by atoms with Gasteiger partial charge in [0.25, 0.3) is 0 Å². The summed E-state index contributed by atoms with van der Waals surface area (Å²) < 4.78 is 5.56. The maximum atomic E-state index is 13.4. The fourth-order valence-electron chi connectivity index (χ4n) is 4.57. The zero-order valence-corrected chi connectivity index (χ0v) is 15.3. The summed E-state index contributed by atoms with van der Waals surface area (Å²) in [6.07, 6.45) is 2.21. The predicted molar refractivity (Wildman–Crippen MR) is 96.8 cm³/mol. The summed E-state index contributed by atoms with van der Waals surface area (Å²) in [5.41, 5.74) is 1.29. The van der Waals surface area contributed by atoms with E-state index in [1.165, 1.54) is 5.56 Å². The molecule has 132 valence electrons. The van der Waals surface area contributed by atoms with Crippen LogP contribution in [0.4, 0.5) is 0 Å². The molecule has 3 nitrogen and oxygen atoms in total. The van der Waals surface area contributed by atoms with Crippen molar-refractivity contribution in [3.8, 4) is 0 Å². The first kappa shape index (κ1) is 17.6. The minimum Gasteiger partial charge on any atom is -0.379 e. The molecule has 1 saturated carbocycles. The Labute approximate surface area is 146 Å². The highest BCUT2D eigenvalue weighted by Gasteiger charge is 2.44. The van der Waals surface area contributed by atoms with Crippen molar-refractivity contribution in [2.45, 2.75) is 39.7 Å². The second-order valence-corrected chi connectivity index (χ2v) is 7.84. The molecule has 1 aromatic rings. The summed E-state index contributed by atoms with van der Waals surface area (Å²) in [5.74, 6) is 1.70. The molecule has 24 heavy (non-hydrogen) atoms. The van der Waals surface area contributed by atoms with Crippen LogP contribution in [0.3, 0.4) is 0 Å². The van der Waals surface area contributed by atoms with Crippen molar-refractivity contribution >= 4 is 5.78 Å². The van der Waals surface area contributed by atoms with Gasteiger partial charge in [0, 0.05) is 31.0 Å². The molecule has 0 spiro atoms. The number of benzene rings is 1. The van der Waals surface area contributed by atoms with Crippen LogP contribution in [0.5, 0.6) is 0 Å². The first-order chi connectivity index (χ1) is 11.6. The molecule has 1 aliphatic heterocycles. The Bertz CT molecular complexity index is 536. The van der Waals surface area contributed by atoms with Crippen LogP contribution in [-0.4, -0.2) is 37.0 Å². The van der Waals surface area contributed by atoms with Crippen LogP contribution in [0, 0.1) is 23.7 Å². The van der Waals surface area contributed by atoms with E-state index in [0.717, 1.165) is 39.1 Å². The van der Waals surface area contributed by atoms with E-state index in [4.69, 9.17) is 4.74 Å². The van der Waals surface area contributed by atoms with E-state index in [-0.39, 0.29) is 17.9 Å². The van der Waals surface area contributed by atoms with Crippen molar-refractivity contribution in [1.82, 2.24) is 4.90 Å². The van der Waals surface area contributed by atoms with Crippen molar-refractivity contribution in [2.75, 3.05) is 26.3 Å². The van der Waals surface area contributed by atoms with Gasteiger partial charge in [-0.1, -0.05) is 51.1 Å². The fraction of sp³-hybridized carbons (Fsp3) is 0.667. The number of carbonyl (C=O) groups excluding carboxylic acids is 1. The third-order valence-electron chi connectivity index (χ3n) is 5.97. The van der Waals surface area contributed by atoms with E-state index in [9.17, 15) is 4.79 Å². The second kappa shape index (κ2) is 7.79. The molecule has 0 radical (unpaired) electrons. The lowest BCUT2D eigenvalue weighted by atomic mass is 9.66. The Hall–Kier alpha value is -1.19. The molecule has 1 heterocycles. The van der Waals surface area contributed by atoms with E-state index >= 15 is 0 Å². The fourth-order valence-corrected chi connectivity index (χ4v) is 4.57. The zero-order valence-electron chi connectivity index (χ0n) is 15.3. The topological polar surface area (TPSA) is 29.5 Å². The monoisotopic (exact) mass is 329 g/mol. The van der Waals surface area contributed by atoms with E-state index in [2.05, 4.69) is 56.0 Å². The number of ether oxygens (including phenoxy) is 1. The lowest BCUT2D eigenvalue weighted by Gasteiger charge is -2.45. The number of rotatable bonds is 4. The molecule has 1 aliphatic carbocycles. The summed E-state index contributed by atoms with van der Waals surface area (Å²) >= 11 is 0. The van der Waals surface area contributed by atoms with Gasteiger partial charge in [-0.3, -0.25) is 9.69 Å². The summed E-state index contributed by atoms with van der Waals surface area (Å²) in [7, 11) is 0. The highest BCUT2D eigenvalue weighted by atomic mass is 16.5. The summed E-state index contributed by atoms with van der Waals surface area (Å²) in [6, 6.07) is 10.8. The highest BCUT2D eigenvalue weighted by molar-refractivity contribution is 5.85. The quantitative estimate of drug-likeness (QED) is 0.838. The molecule has 2 aliphatic rings. The normalized spacial score (nSPS) is 30.5. The molecule has 1 aromatic carbocycles. The molecule has 4 atom stereocenters. The summed E-state index contributed by atoms with van der Waals surface area (Å²) in [4.78, 5) is 15.9.